The van der Waals surface area contributed by atoms with Crippen molar-refractivity contribution < 1.29 is 14.3 Å². The number of ether oxygens (including phenoxy) is 1. The van der Waals surface area contributed by atoms with Crippen LogP contribution in [0, 0.1) is 11.8 Å². The summed E-state index contributed by atoms with van der Waals surface area (Å²) in [6.07, 6.45) is 3.41. The third kappa shape index (κ3) is 4.98. The molecule has 1 aliphatic carbocycles. The van der Waals surface area contributed by atoms with Gasteiger partial charge in [-0.25, -0.2) is 0 Å². The van der Waals surface area contributed by atoms with Gasteiger partial charge in [0.05, 0.1) is 5.69 Å². The van der Waals surface area contributed by atoms with Crippen molar-refractivity contribution in [2.45, 2.75) is 46.1 Å². The lowest BCUT2D eigenvalue weighted by Gasteiger charge is -2.34. The van der Waals surface area contributed by atoms with Crippen LogP contribution in [0.4, 0.5) is 5.69 Å². The summed E-state index contributed by atoms with van der Waals surface area (Å²) in [5.74, 6) is 1.34. The molecular formula is C18H26N2O3. The van der Waals surface area contributed by atoms with E-state index in [1.807, 2.05) is 12.1 Å². The van der Waals surface area contributed by atoms with E-state index in [1.54, 1.807) is 12.1 Å². The van der Waals surface area contributed by atoms with Crippen molar-refractivity contribution >= 4 is 17.5 Å². The Morgan fingerprint density at radius 3 is 2.70 bits per heavy atom. The van der Waals surface area contributed by atoms with Gasteiger partial charge in [0.1, 0.15) is 5.75 Å². The summed E-state index contributed by atoms with van der Waals surface area (Å²) < 4.78 is 5.58. The number of para-hydroxylation sites is 2. The molecule has 5 nitrogen and oxygen atoms in total. The molecule has 1 saturated carbocycles. The van der Waals surface area contributed by atoms with Crippen LogP contribution in [-0.2, 0) is 9.59 Å². The summed E-state index contributed by atoms with van der Waals surface area (Å²) >= 11 is 0. The molecule has 0 radical (unpaired) electrons. The fourth-order valence-corrected chi connectivity index (χ4v) is 3.06. The monoisotopic (exact) mass is 318 g/mol. The third-order valence-corrected chi connectivity index (χ3v) is 4.61. The Hall–Kier alpha value is -2.04. The van der Waals surface area contributed by atoms with Gasteiger partial charge in [-0.1, -0.05) is 38.8 Å². The molecule has 0 heterocycles. The van der Waals surface area contributed by atoms with Crippen molar-refractivity contribution in [2.75, 3.05) is 11.9 Å². The van der Waals surface area contributed by atoms with E-state index in [1.165, 1.54) is 13.3 Å². The predicted octanol–water partition coefficient (Wildman–Crippen LogP) is 2.96. The standard InChI is InChI=1S/C18H26N2O3/c1-12-7-6-9-15(13(12)2)20-18(22)11-23-17-10-5-4-8-16(17)19-14(3)21/h4-5,8,10,12-13,15H,6-7,9,11H2,1-3H3,(H,19,21)(H,20,22)/t12-,13-,15+/m1/s1. The minimum atomic E-state index is -0.171. The second kappa shape index (κ2) is 7.99. The van der Waals surface area contributed by atoms with Crippen LogP contribution in [0.2, 0.25) is 0 Å². The normalized spacial score (nSPS) is 23.9. The first kappa shape index (κ1) is 17.3. The van der Waals surface area contributed by atoms with E-state index in [0.717, 1.165) is 12.8 Å². The zero-order valence-electron chi connectivity index (χ0n) is 14.1. The average Bonchev–Trinajstić information content (AvgIpc) is 2.50. The first-order valence-corrected chi connectivity index (χ1v) is 8.26. The Balaban J connectivity index is 1.88. The summed E-state index contributed by atoms with van der Waals surface area (Å²) in [7, 11) is 0. The van der Waals surface area contributed by atoms with Gasteiger partial charge in [-0.3, -0.25) is 9.59 Å². The molecule has 2 amide bonds. The fourth-order valence-electron chi connectivity index (χ4n) is 3.06. The average molecular weight is 318 g/mol. The largest absolute Gasteiger partial charge is 0.482 e. The molecule has 0 saturated heterocycles. The molecule has 1 aromatic rings. The van der Waals surface area contributed by atoms with Gasteiger partial charge in [-0.05, 0) is 30.4 Å². The molecule has 0 aliphatic heterocycles. The van der Waals surface area contributed by atoms with E-state index in [-0.39, 0.29) is 24.5 Å². The maximum atomic E-state index is 12.1. The molecule has 5 heteroatoms. The van der Waals surface area contributed by atoms with Crippen LogP contribution in [0.15, 0.2) is 24.3 Å². The Morgan fingerprint density at radius 1 is 1.22 bits per heavy atom. The second-order valence-electron chi connectivity index (χ2n) is 6.41. The van der Waals surface area contributed by atoms with Gasteiger partial charge in [-0.15, -0.1) is 0 Å². The van der Waals surface area contributed by atoms with Gasteiger partial charge in [0, 0.05) is 13.0 Å². The van der Waals surface area contributed by atoms with Crippen LogP contribution >= 0.6 is 0 Å². The maximum Gasteiger partial charge on any atom is 0.258 e. The Morgan fingerprint density at radius 2 is 1.96 bits per heavy atom. The molecule has 0 aromatic heterocycles. The zero-order chi connectivity index (χ0) is 16.8. The first-order valence-electron chi connectivity index (χ1n) is 8.26. The number of nitrogens with one attached hydrogen (secondary N) is 2. The molecular weight excluding hydrogens is 292 g/mol. The lowest BCUT2D eigenvalue weighted by atomic mass is 9.78. The summed E-state index contributed by atoms with van der Waals surface area (Å²) in [4.78, 5) is 23.3. The number of carbonyl (C=O) groups is 2. The van der Waals surface area contributed by atoms with E-state index in [0.29, 0.717) is 23.3 Å². The molecule has 1 aliphatic rings. The van der Waals surface area contributed by atoms with Gasteiger partial charge in [0.15, 0.2) is 6.61 Å². The lowest BCUT2D eigenvalue weighted by molar-refractivity contribution is -0.124. The van der Waals surface area contributed by atoms with Crippen LogP contribution < -0.4 is 15.4 Å². The van der Waals surface area contributed by atoms with E-state index in [9.17, 15) is 9.59 Å². The molecule has 2 rings (SSSR count). The van der Waals surface area contributed by atoms with E-state index >= 15 is 0 Å². The summed E-state index contributed by atoms with van der Waals surface area (Å²) in [6, 6.07) is 7.33. The van der Waals surface area contributed by atoms with E-state index in [2.05, 4.69) is 24.5 Å². The number of amides is 2. The molecule has 0 spiro atoms. The first-order chi connectivity index (χ1) is 11.0. The summed E-state index contributed by atoms with van der Waals surface area (Å²) in [5, 5.41) is 5.77. The fraction of sp³-hybridized carbons (Fsp3) is 0.556. The van der Waals surface area contributed by atoms with Crippen molar-refractivity contribution in [3.8, 4) is 5.75 Å². The number of rotatable bonds is 5. The summed E-state index contributed by atoms with van der Waals surface area (Å²) in [5.41, 5.74) is 0.576. The van der Waals surface area contributed by atoms with Crippen LogP contribution in [-0.4, -0.2) is 24.5 Å². The van der Waals surface area contributed by atoms with E-state index in [4.69, 9.17) is 4.74 Å². The van der Waals surface area contributed by atoms with Crippen LogP contribution in [0.25, 0.3) is 0 Å². The van der Waals surface area contributed by atoms with Crippen LogP contribution in [0.3, 0.4) is 0 Å². The minimum absolute atomic E-state index is 0.0474. The number of anilines is 1. The van der Waals surface area contributed by atoms with Crippen LogP contribution in [0.5, 0.6) is 5.75 Å². The zero-order valence-corrected chi connectivity index (χ0v) is 14.1. The third-order valence-electron chi connectivity index (χ3n) is 4.61. The van der Waals surface area contributed by atoms with Crippen LogP contribution in [0.1, 0.15) is 40.0 Å². The topological polar surface area (TPSA) is 67.4 Å². The highest BCUT2D eigenvalue weighted by Crippen LogP contribution is 2.29. The summed E-state index contributed by atoms with van der Waals surface area (Å²) in [6.45, 7) is 5.83. The van der Waals surface area contributed by atoms with Gasteiger partial charge >= 0.3 is 0 Å². The SMILES string of the molecule is CC(=O)Nc1ccccc1OCC(=O)N[C@H]1CCC[C@@H](C)[C@H]1C. The smallest absolute Gasteiger partial charge is 0.258 e. The van der Waals surface area contributed by atoms with Crippen molar-refractivity contribution in [3.05, 3.63) is 24.3 Å². The van der Waals surface area contributed by atoms with E-state index < -0.39 is 0 Å². The molecule has 2 N–H and O–H groups in total. The number of hydrogen-bond acceptors (Lipinski definition) is 3. The number of benzene rings is 1. The molecule has 1 fully saturated rings. The number of carbonyl (C=O) groups excluding carboxylic acids is 2. The van der Waals surface area contributed by atoms with Gasteiger partial charge in [0.25, 0.3) is 5.91 Å². The Kier molecular flexibility index (Phi) is 6.02. The van der Waals surface area contributed by atoms with Crippen molar-refractivity contribution in [1.29, 1.82) is 0 Å². The molecule has 0 bridgehead atoms. The highest BCUT2D eigenvalue weighted by atomic mass is 16.5. The molecule has 3 atom stereocenters. The molecule has 23 heavy (non-hydrogen) atoms. The maximum absolute atomic E-state index is 12.1. The van der Waals surface area contributed by atoms with Gasteiger partial charge in [-0.2, -0.15) is 0 Å². The Bertz CT molecular complexity index is 559. The van der Waals surface area contributed by atoms with Crippen molar-refractivity contribution in [3.63, 3.8) is 0 Å². The quantitative estimate of drug-likeness (QED) is 0.877. The highest BCUT2D eigenvalue weighted by molar-refractivity contribution is 5.90. The number of hydrogen-bond donors (Lipinski definition) is 2. The van der Waals surface area contributed by atoms with Gasteiger partial charge in [0.2, 0.25) is 5.91 Å². The van der Waals surface area contributed by atoms with Crippen molar-refractivity contribution in [1.82, 2.24) is 5.32 Å². The lowest BCUT2D eigenvalue weighted by Crippen LogP contribution is -2.45. The molecule has 0 unspecified atom stereocenters. The minimum Gasteiger partial charge on any atom is -0.482 e. The molecule has 1 aromatic carbocycles. The predicted molar refractivity (Wildman–Crippen MR) is 90.4 cm³/mol. The highest BCUT2D eigenvalue weighted by Gasteiger charge is 2.28. The Labute approximate surface area is 137 Å². The van der Waals surface area contributed by atoms with Gasteiger partial charge < -0.3 is 15.4 Å². The second-order valence-corrected chi connectivity index (χ2v) is 6.41. The molecule has 126 valence electrons. The van der Waals surface area contributed by atoms with Crippen molar-refractivity contribution in [2.24, 2.45) is 11.8 Å².